The number of azide groups is 1. The second-order valence-electron chi connectivity index (χ2n) is 4.11. The fourth-order valence-corrected chi connectivity index (χ4v) is 1.50. The minimum Gasteiger partial charge on any atom is -0.381 e. The molecular formula is C13H19N5O2. The van der Waals surface area contributed by atoms with E-state index >= 15 is 0 Å². The molecule has 7 heteroatoms. The van der Waals surface area contributed by atoms with Gasteiger partial charge in [-0.2, -0.15) is 0 Å². The normalized spacial score (nSPS) is 9.85. The van der Waals surface area contributed by atoms with E-state index in [1.165, 1.54) is 0 Å². The third-order valence-electron chi connectivity index (χ3n) is 2.62. The van der Waals surface area contributed by atoms with Gasteiger partial charge < -0.3 is 15.8 Å². The van der Waals surface area contributed by atoms with Crippen LogP contribution in [0.5, 0.6) is 0 Å². The number of benzene rings is 1. The molecular weight excluding hydrogens is 258 g/mol. The van der Waals surface area contributed by atoms with Crippen LogP contribution in [0.25, 0.3) is 10.4 Å². The molecule has 0 spiro atoms. The molecule has 0 fully saturated rings. The van der Waals surface area contributed by atoms with E-state index in [1.54, 1.807) is 0 Å². The molecule has 0 atom stereocenters. The average molecular weight is 277 g/mol. The number of carbonyl (C=O) groups excluding carboxylic acids is 1. The minimum absolute atomic E-state index is 0.0725. The molecule has 0 aliphatic carbocycles. The van der Waals surface area contributed by atoms with Gasteiger partial charge in [0.15, 0.2) is 0 Å². The highest BCUT2D eigenvalue weighted by Crippen LogP contribution is 2.03. The van der Waals surface area contributed by atoms with Crippen molar-refractivity contribution in [2.24, 2.45) is 10.8 Å². The van der Waals surface area contributed by atoms with Crippen LogP contribution in [0.15, 0.2) is 29.4 Å². The van der Waals surface area contributed by atoms with Gasteiger partial charge in [0.1, 0.15) is 0 Å². The maximum absolute atomic E-state index is 11.5. The Hall–Kier alpha value is -2.08. The number of hydrogen-bond donors (Lipinski definition) is 2. The Morgan fingerprint density at radius 1 is 1.30 bits per heavy atom. The van der Waals surface area contributed by atoms with E-state index in [4.69, 9.17) is 16.0 Å². The summed E-state index contributed by atoms with van der Waals surface area (Å²) >= 11 is 0. The highest BCUT2D eigenvalue weighted by Gasteiger charge is 2.01. The van der Waals surface area contributed by atoms with Crippen molar-refractivity contribution in [1.82, 2.24) is 5.32 Å². The van der Waals surface area contributed by atoms with E-state index in [9.17, 15) is 4.79 Å². The molecule has 0 saturated heterocycles. The van der Waals surface area contributed by atoms with Crippen molar-refractivity contribution in [3.8, 4) is 0 Å². The first-order chi connectivity index (χ1) is 9.76. The zero-order chi connectivity index (χ0) is 14.6. The summed E-state index contributed by atoms with van der Waals surface area (Å²) in [6.45, 7) is 1.94. The van der Waals surface area contributed by atoms with Crippen LogP contribution in [0.2, 0.25) is 0 Å². The zero-order valence-corrected chi connectivity index (χ0v) is 11.3. The zero-order valence-electron chi connectivity index (χ0n) is 11.3. The summed E-state index contributed by atoms with van der Waals surface area (Å²) in [4.78, 5) is 14.1. The molecule has 7 nitrogen and oxygen atoms in total. The molecule has 1 amide bonds. The van der Waals surface area contributed by atoms with E-state index in [0.29, 0.717) is 26.3 Å². The van der Waals surface area contributed by atoms with Gasteiger partial charge in [-0.1, -0.05) is 29.4 Å². The molecule has 108 valence electrons. The van der Waals surface area contributed by atoms with Gasteiger partial charge in [-0.15, -0.1) is 0 Å². The number of hydrogen-bond acceptors (Lipinski definition) is 4. The van der Waals surface area contributed by atoms with Crippen LogP contribution in [0, 0.1) is 0 Å². The summed E-state index contributed by atoms with van der Waals surface area (Å²) in [7, 11) is 0. The van der Waals surface area contributed by atoms with Crippen molar-refractivity contribution >= 4 is 5.91 Å². The smallest absolute Gasteiger partial charge is 0.222 e. The third-order valence-corrected chi connectivity index (χ3v) is 2.62. The largest absolute Gasteiger partial charge is 0.381 e. The van der Waals surface area contributed by atoms with Crippen LogP contribution in [0.1, 0.15) is 17.5 Å². The minimum atomic E-state index is -0.0725. The molecule has 20 heavy (non-hydrogen) atoms. The molecule has 0 bridgehead atoms. The molecule has 0 saturated carbocycles. The van der Waals surface area contributed by atoms with Crippen LogP contribution in [0.3, 0.4) is 0 Å². The van der Waals surface area contributed by atoms with Gasteiger partial charge in [-0.3, -0.25) is 4.79 Å². The van der Waals surface area contributed by atoms with E-state index in [-0.39, 0.29) is 18.9 Å². The van der Waals surface area contributed by atoms with Crippen LogP contribution in [0.4, 0.5) is 0 Å². The summed E-state index contributed by atoms with van der Waals surface area (Å²) < 4.78 is 5.15. The molecule has 1 aromatic rings. The summed E-state index contributed by atoms with van der Waals surface area (Å²) in [6.07, 6.45) is 0.289. The second-order valence-corrected chi connectivity index (χ2v) is 4.11. The van der Waals surface area contributed by atoms with Crippen molar-refractivity contribution in [2.75, 3.05) is 19.8 Å². The molecule has 1 rings (SSSR count). The van der Waals surface area contributed by atoms with Crippen LogP contribution in [-0.2, 0) is 22.6 Å². The molecule has 0 heterocycles. The maximum Gasteiger partial charge on any atom is 0.222 e. The Morgan fingerprint density at radius 3 is 2.65 bits per heavy atom. The van der Waals surface area contributed by atoms with E-state index in [2.05, 4.69) is 15.3 Å². The molecule has 0 unspecified atom stereocenters. The van der Waals surface area contributed by atoms with Crippen molar-refractivity contribution < 1.29 is 9.53 Å². The van der Waals surface area contributed by atoms with Crippen molar-refractivity contribution in [3.05, 3.63) is 45.8 Å². The molecule has 0 aliphatic rings. The molecule has 1 aromatic carbocycles. The lowest BCUT2D eigenvalue weighted by atomic mass is 10.1. The predicted octanol–water partition coefficient (Wildman–Crippen LogP) is 1.48. The van der Waals surface area contributed by atoms with E-state index in [0.717, 1.165) is 11.1 Å². The SMILES string of the molecule is [N-]=[N+]=NCCOCCC(=O)NCc1ccc(CN)cc1. The third kappa shape index (κ3) is 6.75. The van der Waals surface area contributed by atoms with E-state index < -0.39 is 0 Å². The topological polar surface area (TPSA) is 113 Å². The fraction of sp³-hybridized carbons (Fsp3) is 0.462. The fourth-order valence-electron chi connectivity index (χ4n) is 1.50. The Balaban J connectivity index is 2.14. The number of amides is 1. The van der Waals surface area contributed by atoms with Crippen LogP contribution >= 0.6 is 0 Å². The van der Waals surface area contributed by atoms with Gasteiger partial charge in [0, 0.05) is 31.0 Å². The predicted molar refractivity (Wildman–Crippen MR) is 75.6 cm³/mol. The van der Waals surface area contributed by atoms with Crippen molar-refractivity contribution in [3.63, 3.8) is 0 Å². The number of rotatable bonds is 9. The highest BCUT2D eigenvalue weighted by molar-refractivity contribution is 5.75. The summed E-state index contributed by atoms with van der Waals surface area (Å²) in [5.74, 6) is -0.0725. The Morgan fingerprint density at radius 2 is 2.00 bits per heavy atom. The quantitative estimate of drug-likeness (QED) is 0.308. The number of carbonyl (C=O) groups is 1. The Bertz CT molecular complexity index is 454. The van der Waals surface area contributed by atoms with Gasteiger partial charge >= 0.3 is 0 Å². The Kier molecular flexibility index (Phi) is 7.83. The number of nitrogens with one attached hydrogen (secondary N) is 1. The standard InChI is InChI=1S/C13H19N5O2/c14-9-11-1-3-12(4-2-11)10-16-13(19)5-7-20-8-6-17-18-15/h1-4H,5-10,14H2,(H,16,19). The number of nitrogens with two attached hydrogens (primary N) is 1. The summed E-state index contributed by atoms with van der Waals surface area (Å²) in [5.41, 5.74) is 15.7. The maximum atomic E-state index is 11.5. The van der Waals surface area contributed by atoms with Gasteiger partial charge in [-0.25, -0.2) is 0 Å². The molecule has 0 aliphatic heterocycles. The van der Waals surface area contributed by atoms with Gasteiger partial charge in [0.25, 0.3) is 0 Å². The highest BCUT2D eigenvalue weighted by atomic mass is 16.5. The lowest BCUT2D eigenvalue weighted by molar-refractivity contribution is -0.122. The first kappa shape index (κ1) is 16.0. The van der Waals surface area contributed by atoms with Crippen molar-refractivity contribution in [2.45, 2.75) is 19.5 Å². The lowest BCUT2D eigenvalue weighted by Crippen LogP contribution is -2.24. The van der Waals surface area contributed by atoms with Crippen LogP contribution in [-0.4, -0.2) is 25.7 Å². The average Bonchev–Trinajstić information content (AvgIpc) is 2.49. The summed E-state index contributed by atoms with van der Waals surface area (Å²) in [6, 6.07) is 7.78. The monoisotopic (exact) mass is 277 g/mol. The van der Waals surface area contributed by atoms with E-state index in [1.807, 2.05) is 24.3 Å². The lowest BCUT2D eigenvalue weighted by Gasteiger charge is -2.06. The number of nitrogens with zero attached hydrogens (tertiary/aromatic N) is 3. The van der Waals surface area contributed by atoms with Crippen LogP contribution < -0.4 is 11.1 Å². The van der Waals surface area contributed by atoms with Crippen molar-refractivity contribution in [1.29, 1.82) is 0 Å². The molecule has 3 N–H and O–H groups in total. The van der Waals surface area contributed by atoms with Gasteiger partial charge in [0.05, 0.1) is 13.2 Å². The summed E-state index contributed by atoms with van der Waals surface area (Å²) in [5, 5.41) is 6.13. The van der Waals surface area contributed by atoms with Gasteiger partial charge in [-0.05, 0) is 16.7 Å². The number of ether oxygens (including phenoxy) is 1. The first-order valence-corrected chi connectivity index (χ1v) is 6.39. The Labute approximate surface area is 117 Å². The van der Waals surface area contributed by atoms with Gasteiger partial charge in [0.2, 0.25) is 5.91 Å². The molecule has 0 radical (unpaired) electrons. The second kappa shape index (κ2) is 9.80. The first-order valence-electron chi connectivity index (χ1n) is 6.39. The molecule has 0 aromatic heterocycles.